The van der Waals surface area contributed by atoms with Crippen LogP contribution in [0.5, 0.6) is 23.1 Å². The summed E-state index contributed by atoms with van der Waals surface area (Å²) < 4.78 is 18.0. The maximum absolute atomic E-state index is 13.6. The van der Waals surface area contributed by atoms with E-state index in [-0.39, 0.29) is 5.91 Å². The van der Waals surface area contributed by atoms with Gasteiger partial charge in [-0.3, -0.25) is 9.69 Å². The van der Waals surface area contributed by atoms with E-state index in [1.54, 1.807) is 12.3 Å². The van der Waals surface area contributed by atoms with Gasteiger partial charge in [0.05, 0.1) is 17.8 Å². The molecule has 1 aliphatic heterocycles. The van der Waals surface area contributed by atoms with Crippen molar-refractivity contribution >= 4 is 23.1 Å². The Morgan fingerprint density at radius 2 is 1.44 bits per heavy atom. The van der Waals surface area contributed by atoms with E-state index in [4.69, 9.17) is 25.8 Å². The first-order valence-electron chi connectivity index (χ1n) is 19.1. The van der Waals surface area contributed by atoms with E-state index in [1.807, 2.05) is 43.9 Å². The summed E-state index contributed by atoms with van der Waals surface area (Å²) in [7, 11) is 0. The highest BCUT2D eigenvalue weighted by molar-refractivity contribution is 6.32. The Hall–Kier alpha value is -5.11. The van der Waals surface area contributed by atoms with Crippen molar-refractivity contribution in [3.05, 3.63) is 153 Å². The molecule has 0 N–H and O–H groups in total. The number of benzene rings is 4. The molecule has 1 fully saturated rings. The quantitative estimate of drug-likeness (QED) is 0.105. The third kappa shape index (κ3) is 10.8. The maximum atomic E-state index is 13.6. The molecule has 1 aliphatic rings. The summed E-state index contributed by atoms with van der Waals surface area (Å²) in [4.78, 5) is 22.4. The summed E-state index contributed by atoms with van der Waals surface area (Å²) in [5.74, 6) is 3.09. The largest absolute Gasteiger partial charge is 0.493 e. The number of ether oxygens (including phenoxy) is 3. The summed E-state index contributed by atoms with van der Waals surface area (Å²) in [6.45, 7) is 17.3. The number of aromatic nitrogens is 1. The number of carbonyl (C=O) groups excluding carboxylic acids is 1. The molecule has 0 saturated carbocycles. The number of allylic oxidation sites excluding steroid dienone is 1. The molecule has 55 heavy (non-hydrogen) atoms. The van der Waals surface area contributed by atoms with Crippen LogP contribution in [0, 0.1) is 13.8 Å². The van der Waals surface area contributed by atoms with Crippen LogP contribution in [-0.2, 0) is 24.4 Å². The number of nitrogens with zero attached hydrogens (tertiary/aromatic N) is 3. The molecule has 8 heteroatoms. The summed E-state index contributed by atoms with van der Waals surface area (Å²) in [6.07, 6.45) is 2.51. The SMILES string of the molecule is C/C(C(=O)N1CCN(Cc2ccc(CCOc3ccc(C(C)C)cc3)cc2)CC1)=C(/C)c1cc(C)c(Oc2ccc(OCc3ccc(C)cc3)cn2)c(Cl)c1. The van der Waals surface area contributed by atoms with E-state index in [0.29, 0.717) is 60.2 Å². The first-order valence-corrected chi connectivity index (χ1v) is 19.5. The lowest BCUT2D eigenvalue weighted by atomic mass is 9.99. The minimum Gasteiger partial charge on any atom is -0.493 e. The van der Waals surface area contributed by atoms with Gasteiger partial charge in [0.25, 0.3) is 0 Å². The van der Waals surface area contributed by atoms with Crippen LogP contribution >= 0.6 is 11.6 Å². The summed E-state index contributed by atoms with van der Waals surface area (Å²) >= 11 is 6.76. The average Bonchev–Trinajstić information content (AvgIpc) is 3.19. The van der Waals surface area contributed by atoms with Gasteiger partial charge in [-0.15, -0.1) is 0 Å². The molecule has 0 spiro atoms. The molecule has 5 aromatic rings. The van der Waals surface area contributed by atoms with Crippen molar-refractivity contribution in [3.8, 4) is 23.1 Å². The van der Waals surface area contributed by atoms with Crippen molar-refractivity contribution in [3.63, 3.8) is 0 Å². The molecule has 0 unspecified atom stereocenters. The zero-order valence-corrected chi connectivity index (χ0v) is 33.7. The van der Waals surface area contributed by atoms with Crippen molar-refractivity contribution < 1.29 is 19.0 Å². The Balaban J connectivity index is 0.967. The molecule has 0 bridgehead atoms. The lowest BCUT2D eigenvalue weighted by Gasteiger charge is -2.35. The molecular formula is C47H52ClN3O4. The number of halogens is 1. The Bertz CT molecular complexity index is 2040. The van der Waals surface area contributed by atoms with E-state index in [1.165, 1.54) is 22.3 Å². The molecule has 1 amide bonds. The van der Waals surface area contributed by atoms with Gasteiger partial charge in [-0.2, -0.15) is 0 Å². The number of carbonyl (C=O) groups is 1. The summed E-state index contributed by atoms with van der Waals surface area (Å²) in [5, 5.41) is 0.457. The molecule has 1 aromatic heterocycles. The lowest BCUT2D eigenvalue weighted by Crippen LogP contribution is -2.48. The van der Waals surface area contributed by atoms with Crippen LogP contribution in [0.2, 0.25) is 5.02 Å². The van der Waals surface area contributed by atoms with Gasteiger partial charge in [-0.25, -0.2) is 4.98 Å². The zero-order valence-electron chi connectivity index (χ0n) is 32.9. The molecule has 6 rings (SSSR count). The predicted molar refractivity (Wildman–Crippen MR) is 222 cm³/mol. The molecular weight excluding hydrogens is 706 g/mol. The Labute approximate surface area is 331 Å². The van der Waals surface area contributed by atoms with Gasteiger partial charge in [0.1, 0.15) is 18.1 Å². The molecule has 0 radical (unpaired) electrons. The molecule has 7 nitrogen and oxygen atoms in total. The van der Waals surface area contributed by atoms with E-state index < -0.39 is 0 Å². The second kappa shape index (κ2) is 18.5. The minimum atomic E-state index is 0.0579. The highest BCUT2D eigenvalue weighted by Gasteiger charge is 2.24. The van der Waals surface area contributed by atoms with Crippen molar-refractivity contribution in [2.45, 2.75) is 67.0 Å². The lowest BCUT2D eigenvalue weighted by molar-refractivity contribution is -0.128. The fourth-order valence-corrected chi connectivity index (χ4v) is 6.88. The van der Waals surface area contributed by atoms with Gasteiger partial charge in [0, 0.05) is 50.8 Å². The third-order valence-corrected chi connectivity index (χ3v) is 10.6. The minimum absolute atomic E-state index is 0.0579. The number of hydrogen-bond acceptors (Lipinski definition) is 6. The van der Waals surface area contributed by atoms with Gasteiger partial charge in [-0.1, -0.05) is 91.7 Å². The smallest absolute Gasteiger partial charge is 0.249 e. The van der Waals surface area contributed by atoms with Gasteiger partial charge in [0.15, 0.2) is 5.75 Å². The maximum Gasteiger partial charge on any atom is 0.249 e. The number of amides is 1. The van der Waals surface area contributed by atoms with Gasteiger partial charge >= 0.3 is 0 Å². The summed E-state index contributed by atoms with van der Waals surface area (Å²) in [5.41, 5.74) is 9.51. The first kappa shape index (κ1) is 39.6. The normalized spacial score (nSPS) is 13.8. The average molecular weight is 758 g/mol. The Morgan fingerprint density at radius 1 is 0.782 bits per heavy atom. The first-order chi connectivity index (χ1) is 26.5. The highest BCUT2D eigenvalue weighted by Crippen LogP contribution is 2.36. The topological polar surface area (TPSA) is 64.1 Å². The van der Waals surface area contributed by atoms with Gasteiger partial charge in [0.2, 0.25) is 11.8 Å². The van der Waals surface area contributed by atoms with Crippen LogP contribution in [0.3, 0.4) is 0 Å². The Kier molecular flexibility index (Phi) is 13.3. The fraction of sp³-hybridized carbons (Fsp3) is 0.319. The van der Waals surface area contributed by atoms with Crippen molar-refractivity contribution in [1.29, 1.82) is 0 Å². The van der Waals surface area contributed by atoms with E-state index in [0.717, 1.165) is 54.1 Å². The van der Waals surface area contributed by atoms with Crippen molar-refractivity contribution in [2.75, 3.05) is 32.8 Å². The van der Waals surface area contributed by atoms with Crippen LogP contribution < -0.4 is 14.2 Å². The molecule has 4 aromatic carbocycles. The molecule has 0 atom stereocenters. The van der Waals surface area contributed by atoms with Crippen LogP contribution in [-0.4, -0.2) is 53.5 Å². The third-order valence-electron chi connectivity index (χ3n) is 10.3. The number of piperazine rings is 1. The van der Waals surface area contributed by atoms with Crippen LogP contribution in [0.15, 0.2) is 109 Å². The molecule has 286 valence electrons. The van der Waals surface area contributed by atoms with Gasteiger partial charge < -0.3 is 19.1 Å². The standard InChI is InChI=1S/C47H52ClN3O4/c1-32(2)40-15-17-42(18-16-40)53-26-21-37-11-13-38(14-12-37)30-50-22-24-51(25-23-50)47(52)36(6)35(5)41-27-34(4)46(44(48)28-41)55-45-20-19-43(29-49-45)54-31-39-9-7-33(3)8-10-39/h7-20,27-29,32H,21-26,30-31H2,1-6H3/b36-35+. The van der Waals surface area contributed by atoms with E-state index in [2.05, 4.69) is 103 Å². The molecule has 2 heterocycles. The summed E-state index contributed by atoms with van der Waals surface area (Å²) in [6, 6.07) is 32.9. The number of hydrogen-bond donors (Lipinski definition) is 0. The number of pyridine rings is 1. The molecule has 0 aliphatic carbocycles. The number of aryl methyl sites for hydroxylation is 2. The van der Waals surface area contributed by atoms with Crippen LogP contribution in [0.25, 0.3) is 5.57 Å². The fourth-order valence-electron chi connectivity index (χ4n) is 6.57. The van der Waals surface area contributed by atoms with E-state index >= 15 is 0 Å². The highest BCUT2D eigenvalue weighted by atomic mass is 35.5. The van der Waals surface area contributed by atoms with Crippen LogP contribution in [0.4, 0.5) is 0 Å². The van der Waals surface area contributed by atoms with Gasteiger partial charge in [-0.05, 0) is 103 Å². The molecule has 1 saturated heterocycles. The zero-order chi connectivity index (χ0) is 38.9. The van der Waals surface area contributed by atoms with Crippen molar-refractivity contribution in [2.24, 2.45) is 0 Å². The van der Waals surface area contributed by atoms with Crippen LogP contribution in [0.1, 0.15) is 72.6 Å². The van der Waals surface area contributed by atoms with E-state index in [9.17, 15) is 4.79 Å². The number of rotatable bonds is 14. The van der Waals surface area contributed by atoms with Crippen molar-refractivity contribution in [1.82, 2.24) is 14.8 Å². The predicted octanol–water partition coefficient (Wildman–Crippen LogP) is 10.6. The monoisotopic (exact) mass is 757 g/mol. The second-order valence-electron chi connectivity index (χ2n) is 14.8. The second-order valence-corrected chi connectivity index (χ2v) is 15.2. The Morgan fingerprint density at radius 3 is 2.07 bits per heavy atom.